The second-order valence-corrected chi connectivity index (χ2v) is 12.4. The standard InChI is InChI=1S/C31H43NO9/c1-5-14-38-25(33)18-31(36,11-6-9-29(2,3)35)28(34)41-27-24(37-4)17-30-10-7-12-32(30)13-8-20-15-22-23(40-19-39-22)16-21(20)26(27)30/h15-17,26-27,35-36H,5-14,18-19H2,1-4H3/t26-,27?,30?,31-/m1/s1. The number of fused-ring (bicyclic) bond motifs is 3. The Morgan fingerprint density at radius 3 is 2.61 bits per heavy atom. The summed E-state index contributed by atoms with van der Waals surface area (Å²) in [6.07, 6.45) is 4.60. The van der Waals surface area contributed by atoms with Crippen LogP contribution in [0.5, 0.6) is 11.5 Å². The minimum Gasteiger partial charge on any atom is -0.497 e. The van der Waals surface area contributed by atoms with Gasteiger partial charge in [-0.1, -0.05) is 6.92 Å². The average Bonchev–Trinajstić information content (AvgIpc) is 3.60. The number of ether oxygens (including phenoxy) is 5. The number of hydrogen-bond donors (Lipinski definition) is 2. The maximum atomic E-state index is 13.9. The van der Waals surface area contributed by atoms with E-state index in [-0.39, 0.29) is 25.7 Å². The third-order valence-electron chi connectivity index (χ3n) is 8.86. The van der Waals surface area contributed by atoms with Gasteiger partial charge in [0.05, 0.1) is 37.2 Å². The van der Waals surface area contributed by atoms with Crippen LogP contribution in [-0.2, 0) is 30.2 Å². The summed E-state index contributed by atoms with van der Waals surface area (Å²) in [5.41, 5.74) is -1.42. The smallest absolute Gasteiger partial charge is 0.339 e. The van der Waals surface area contributed by atoms with Gasteiger partial charge in [0, 0.05) is 6.54 Å². The molecule has 5 rings (SSSR count). The Kier molecular flexibility index (Phi) is 8.29. The second-order valence-electron chi connectivity index (χ2n) is 12.4. The average molecular weight is 574 g/mol. The van der Waals surface area contributed by atoms with E-state index in [0.717, 1.165) is 43.5 Å². The van der Waals surface area contributed by atoms with Crippen LogP contribution in [0.3, 0.4) is 0 Å². The molecule has 10 heteroatoms. The molecule has 0 radical (unpaired) electrons. The van der Waals surface area contributed by atoms with Crippen LogP contribution >= 0.6 is 0 Å². The Hall–Kier alpha value is -2.82. The van der Waals surface area contributed by atoms with Gasteiger partial charge in [-0.25, -0.2) is 4.79 Å². The van der Waals surface area contributed by atoms with Gasteiger partial charge in [0.15, 0.2) is 23.2 Å². The van der Waals surface area contributed by atoms with E-state index in [1.807, 2.05) is 19.1 Å². The molecule has 1 spiro atoms. The lowest BCUT2D eigenvalue weighted by Gasteiger charge is -2.39. The fraction of sp³-hybridized carbons (Fsp3) is 0.677. The molecule has 1 aliphatic carbocycles. The van der Waals surface area contributed by atoms with E-state index in [1.165, 1.54) is 0 Å². The van der Waals surface area contributed by atoms with Gasteiger partial charge >= 0.3 is 11.9 Å². The number of benzene rings is 1. The van der Waals surface area contributed by atoms with Crippen molar-refractivity contribution in [2.45, 2.75) is 101 Å². The monoisotopic (exact) mass is 573 g/mol. The summed E-state index contributed by atoms with van der Waals surface area (Å²) in [7, 11) is 1.56. The molecular formula is C31H43NO9. The number of methoxy groups -OCH3 is 1. The Labute approximate surface area is 241 Å². The summed E-state index contributed by atoms with van der Waals surface area (Å²) in [5.74, 6) is 0.00940. The van der Waals surface area contributed by atoms with Crippen molar-refractivity contribution in [3.63, 3.8) is 0 Å². The molecule has 0 saturated carbocycles. The Bertz CT molecular complexity index is 1190. The minimum absolute atomic E-state index is 0.0625. The lowest BCUT2D eigenvalue weighted by Crippen LogP contribution is -2.49. The van der Waals surface area contributed by atoms with Gasteiger partial charge in [-0.15, -0.1) is 0 Å². The van der Waals surface area contributed by atoms with E-state index >= 15 is 0 Å². The summed E-state index contributed by atoms with van der Waals surface area (Å²) in [5, 5.41) is 21.9. The van der Waals surface area contributed by atoms with Gasteiger partial charge in [0.1, 0.15) is 5.76 Å². The summed E-state index contributed by atoms with van der Waals surface area (Å²) in [6, 6.07) is 4.02. The summed E-state index contributed by atoms with van der Waals surface area (Å²) < 4.78 is 28.7. The first-order valence-corrected chi connectivity index (χ1v) is 14.8. The van der Waals surface area contributed by atoms with Crippen LogP contribution in [0.25, 0.3) is 0 Å². The number of aliphatic hydroxyl groups is 2. The zero-order valence-corrected chi connectivity index (χ0v) is 24.6. The molecule has 1 aromatic rings. The number of rotatable bonds is 11. The molecule has 0 amide bonds. The minimum atomic E-state index is -2.12. The third kappa shape index (κ3) is 5.79. The van der Waals surface area contributed by atoms with Crippen molar-refractivity contribution in [2.75, 3.05) is 33.6 Å². The number of esters is 2. The first kappa shape index (κ1) is 29.7. The first-order chi connectivity index (χ1) is 19.5. The summed E-state index contributed by atoms with van der Waals surface area (Å²) >= 11 is 0. The number of hydrogen-bond acceptors (Lipinski definition) is 10. The summed E-state index contributed by atoms with van der Waals surface area (Å²) in [6.45, 7) is 7.30. The van der Waals surface area contributed by atoms with E-state index in [1.54, 1.807) is 21.0 Å². The number of carbonyl (C=O) groups is 2. The van der Waals surface area contributed by atoms with Crippen LogP contribution in [0.15, 0.2) is 24.0 Å². The Morgan fingerprint density at radius 2 is 1.90 bits per heavy atom. The van der Waals surface area contributed by atoms with Crippen molar-refractivity contribution in [2.24, 2.45) is 0 Å². The molecule has 1 fully saturated rings. The van der Waals surface area contributed by atoms with Crippen molar-refractivity contribution in [1.29, 1.82) is 0 Å². The largest absolute Gasteiger partial charge is 0.497 e. The fourth-order valence-electron chi connectivity index (χ4n) is 6.90. The maximum absolute atomic E-state index is 13.9. The molecule has 1 aromatic carbocycles. The highest BCUT2D eigenvalue weighted by Crippen LogP contribution is 2.55. The van der Waals surface area contributed by atoms with Gasteiger partial charge < -0.3 is 33.9 Å². The maximum Gasteiger partial charge on any atom is 0.339 e. The lowest BCUT2D eigenvalue weighted by atomic mass is 9.77. The topological polar surface area (TPSA) is 124 Å². The van der Waals surface area contributed by atoms with Gasteiger partial charge in [-0.3, -0.25) is 9.69 Å². The molecule has 2 N–H and O–H groups in total. The molecule has 1 saturated heterocycles. The normalized spacial score (nSPS) is 26.2. The van der Waals surface area contributed by atoms with E-state index in [9.17, 15) is 19.8 Å². The molecule has 10 nitrogen and oxygen atoms in total. The lowest BCUT2D eigenvalue weighted by molar-refractivity contribution is -0.179. The predicted octanol–water partition coefficient (Wildman–Crippen LogP) is 3.36. The van der Waals surface area contributed by atoms with E-state index < -0.39 is 41.2 Å². The second kappa shape index (κ2) is 11.5. The van der Waals surface area contributed by atoms with Crippen molar-refractivity contribution >= 4 is 11.9 Å². The molecule has 2 unspecified atom stereocenters. The summed E-state index contributed by atoms with van der Waals surface area (Å²) in [4.78, 5) is 29.0. The first-order valence-electron chi connectivity index (χ1n) is 14.8. The van der Waals surface area contributed by atoms with Gasteiger partial charge in [0.2, 0.25) is 6.79 Å². The predicted molar refractivity (Wildman–Crippen MR) is 148 cm³/mol. The molecule has 4 atom stereocenters. The molecular weight excluding hydrogens is 530 g/mol. The van der Waals surface area contributed by atoms with Crippen LogP contribution in [-0.4, -0.2) is 83.5 Å². The fourth-order valence-corrected chi connectivity index (χ4v) is 6.90. The van der Waals surface area contributed by atoms with Crippen molar-refractivity contribution in [1.82, 2.24) is 4.90 Å². The quantitative estimate of drug-likeness (QED) is 0.381. The molecule has 226 valence electrons. The van der Waals surface area contributed by atoms with Crippen molar-refractivity contribution < 1.29 is 43.5 Å². The SMILES string of the molecule is CCCOC(=O)C[C@](O)(CCCC(C)(C)O)C(=O)OC1C(OC)=CC23CCCN2CCc2cc4c(cc2[C@H]13)OCO4. The molecule has 0 aromatic heterocycles. The molecule has 41 heavy (non-hydrogen) atoms. The van der Waals surface area contributed by atoms with Crippen LogP contribution in [0, 0.1) is 0 Å². The highest BCUT2D eigenvalue weighted by Gasteiger charge is 2.59. The Balaban J connectivity index is 1.48. The number of nitrogens with zero attached hydrogens (tertiary/aromatic N) is 1. The van der Waals surface area contributed by atoms with Crippen LogP contribution in [0.1, 0.15) is 82.8 Å². The zero-order valence-electron chi connectivity index (χ0n) is 24.6. The van der Waals surface area contributed by atoms with Crippen LogP contribution < -0.4 is 9.47 Å². The highest BCUT2D eigenvalue weighted by molar-refractivity contribution is 5.86. The highest BCUT2D eigenvalue weighted by atomic mass is 16.7. The van der Waals surface area contributed by atoms with Gasteiger partial charge in [-0.05, 0) is 94.7 Å². The zero-order chi connectivity index (χ0) is 29.4. The Morgan fingerprint density at radius 1 is 1.15 bits per heavy atom. The van der Waals surface area contributed by atoms with Crippen LogP contribution in [0.2, 0.25) is 0 Å². The van der Waals surface area contributed by atoms with Crippen molar-refractivity contribution in [3.8, 4) is 11.5 Å². The third-order valence-corrected chi connectivity index (χ3v) is 8.86. The van der Waals surface area contributed by atoms with E-state index in [4.69, 9.17) is 23.7 Å². The van der Waals surface area contributed by atoms with Gasteiger partial charge in [-0.2, -0.15) is 0 Å². The van der Waals surface area contributed by atoms with Gasteiger partial charge in [0.25, 0.3) is 0 Å². The molecule has 4 aliphatic rings. The molecule has 0 bridgehead atoms. The molecule has 3 aliphatic heterocycles. The number of carbonyl (C=O) groups excluding carboxylic acids is 2. The van der Waals surface area contributed by atoms with E-state index in [2.05, 4.69) is 11.0 Å². The van der Waals surface area contributed by atoms with Crippen LogP contribution in [0.4, 0.5) is 0 Å². The molecule has 3 heterocycles. The van der Waals surface area contributed by atoms with E-state index in [0.29, 0.717) is 36.5 Å². The van der Waals surface area contributed by atoms with Crippen molar-refractivity contribution in [3.05, 3.63) is 35.1 Å².